The van der Waals surface area contributed by atoms with Crippen LogP contribution in [0.25, 0.3) is 0 Å². The van der Waals surface area contributed by atoms with Gasteiger partial charge in [-0.3, -0.25) is 4.79 Å². The monoisotopic (exact) mass is 250 g/mol. The van der Waals surface area contributed by atoms with Gasteiger partial charge in [0.25, 0.3) is 5.91 Å². The minimum absolute atomic E-state index is 0.0836. The van der Waals surface area contributed by atoms with Crippen molar-refractivity contribution in [2.24, 2.45) is 0 Å². The molecule has 0 unspecified atom stereocenters. The van der Waals surface area contributed by atoms with Crippen LogP contribution in [0.5, 0.6) is 5.75 Å². The molecular formula is C13H18N2O3. The van der Waals surface area contributed by atoms with E-state index in [4.69, 9.17) is 9.47 Å². The number of hydrogen-bond donors (Lipinski definition) is 2. The Morgan fingerprint density at radius 2 is 2.33 bits per heavy atom. The molecule has 0 aromatic heterocycles. The van der Waals surface area contributed by atoms with Gasteiger partial charge in [0.15, 0.2) is 0 Å². The largest absolute Gasteiger partial charge is 0.495 e. The number of rotatable bonds is 4. The number of benzene rings is 1. The van der Waals surface area contributed by atoms with E-state index in [0.29, 0.717) is 6.61 Å². The van der Waals surface area contributed by atoms with Gasteiger partial charge >= 0.3 is 0 Å². The highest BCUT2D eigenvalue weighted by atomic mass is 16.5. The van der Waals surface area contributed by atoms with Crippen LogP contribution >= 0.6 is 0 Å². The van der Waals surface area contributed by atoms with Gasteiger partial charge in [-0.15, -0.1) is 0 Å². The van der Waals surface area contributed by atoms with E-state index in [2.05, 4.69) is 10.6 Å². The normalized spacial score (nSPS) is 18.4. The Morgan fingerprint density at radius 1 is 1.50 bits per heavy atom. The molecule has 0 saturated carbocycles. The Kier molecular flexibility index (Phi) is 4.04. The molecule has 98 valence electrons. The first-order chi connectivity index (χ1) is 8.74. The fourth-order valence-electron chi connectivity index (χ4n) is 1.99. The predicted molar refractivity (Wildman–Crippen MR) is 70.1 cm³/mol. The van der Waals surface area contributed by atoms with Crippen molar-refractivity contribution in [2.45, 2.75) is 18.9 Å². The van der Waals surface area contributed by atoms with E-state index in [9.17, 15) is 4.79 Å². The van der Waals surface area contributed by atoms with Gasteiger partial charge in [-0.1, -0.05) is 0 Å². The highest BCUT2D eigenvalue weighted by Crippen LogP contribution is 2.27. The summed E-state index contributed by atoms with van der Waals surface area (Å²) in [6, 6.07) is 5.47. The van der Waals surface area contributed by atoms with Crippen molar-refractivity contribution < 1.29 is 14.3 Å². The van der Waals surface area contributed by atoms with Crippen molar-refractivity contribution in [1.29, 1.82) is 0 Å². The van der Waals surface area contributed by atoms with Crippen LogP contribution in [0.1, 0.15) is 12.8 Å². The summed E-state index contributed by atoms with van der Waals surface area (Å²) in [5, 5.41) is 5.87. The SMILES string of the molecule is CNc1cc(NC(=O)[C@H]2CCCO2)ccc1OC. The maximum absolute atomic E-state index is 11.9. The van der Waals surface area contributed by atoms with Crippen LogP contribution in [0.4, 0.5) is 11.4 Å². The third-order valence-electron chi connectivity index (χ3n) is 2.96. The van der Waals surface area contributed by atoms with Crippen molar-refractivity contribution in [3.05, 3.63) is 18.2 Å². The Morgan fingerprint density at radius 3 is 2.94 bits per heavy atom. The van der Waals surface area contributed by atoms with Crippen LogP contribution in [0.3, 0.4) is 0 Å². The number of ether oxygens (including phenoxy) is 2. The minimum atomic E-state index is -0.315. The van der Waals surface area contributed by atoms with Gasteiger partial charge in [0.1, 0.15) is 11.9 Å². The van der Waals surface area contributed by atoms with Crippen LogP contribution in [0.15, 0.2) is 18.2 Å². The molecule has 5 heteroatoms. The highest BCUT2D eigenvalue weighted by molar-refractivity contribution is 5.95. The average Bonchev–Trinajstić information content (AvgIpc) is 2.92. The molecule has 1 fully saturated rings. The van der Waals surface area contributed by atoms with Gasteiger partial charge in [-0.25, -0.2) is 0 Å². The Hall–Kier alpha value is -1.75. The summed E-state index contributed by atoms with van der Waals surface area (Å²) < 4.78 is 10.5. The zero-order valence-electron chi connectivity index (χ0n) is 10.7. The van der Waals surface area contributed by atoms with Gasteiger partial charge in [0, 0.05) is 19.3 Å². The molecule has 0 bridgehead atoms. The topological polar surface area (TPSA) is 59.6 Å². The lowest BCUT2D eigenvalue weighted by atomic mass is 10.2. The summed E-state index contributed by atoms with van der Waals surface area (Å²) in [6.45, 7) is 0.669. The van der Waals surface area contributed by atoms with E-state index in [1.165, 1.54) is 0 Å². The summed E-state index contributed by atoms with van der Waals surface area (Å²) in [5.41, 5.74) is 1.57. The lowest BCUT2D eigenvalue weighted by molar-refractivity contribution is -0.124. The van der Waals surface area contributed by atoms with Gasteiger partial charge in [-0.05, 0) is 31.0 Å². The molecule has 2 N–H and O–H groups in total. The van der Waals surface area contributed by atoms with E-state index < -0.39 is 0 Å². The number of methoxy groups -OCH3 is 1. The highest BCUT2D eigenvalue weighted by Gasteiger charge is 2.23. The molecule has 0 spiro atoms. The first-order valence-electron chi connectivity index (χ1n) is 6.03. The molecule has 1 saturated heterocycles. The Labute approximate surface area is 106 Å². The third-order valence-corrected chi connectivity index (χ3v) is 2.96. The molecule has 0 aliphatic carbocycles. The van der Waals surface area contributed by atoms with E-state index in [-0.39, 0.29) is 12.0 Å². The first-order valence-corrected chi connectivity index (χ1v) is 6.03. The first kappa shape index (κ1) is 12.7. The molecule has 1 amide bonds. The molecule has 0 radical (unpaired) electrons. The predicted octanol–water partition coefficient (Wildman–Crippen LogP) is 1.85. The molecule has 1 aromatic carbocycles. The standard InChI is InChI=1S/C13H18N2O3/c1-14-10-8-9(5-6-11(10)17-2)15-13(16)12-4-3-7-18-12/h5-6,8,12,14H,3-4,7H2,1-2H3,(H,15,16)/t12-/m1/s1. The van der Waals surface area contributed by atoms with E-state index in [1.54, 1.807) is 7.11 Å². The van der Waals surface area contributed by atoms with Crippen molar-refractivity contribution in [2.75, 3.05) is 31.4 Å². The maximum atomic E-state index is 11.9. The summed E-state index contributed by atoms with van der Waals surface area (Å²) in [7, 11) is 3.42. The van der Waals surface area contributed by atoms with Crippen LogP contribution in [0, 0.1) is 0 Å². The lowest BCUT2D eigenvalue weighted by Gasteiger charge is -2.13. The molecule has 1 aliphatic heterocycles. The van der Waals surface area contributed by atoms with Gasteiger partial charge in [0.05, 0.1) is 12.8 Å². The summed E-state index contributed by atoms with van der Waals surface area (Å²) in [4.78, 5) is 11.9. The molecule has 5 nitrogen and oxygen atoms in total. The van der Waals surface area contributed by atoms with Crippen molar-refractivity contribution in [3.8, 4) is 5.75 Å². The fourth-order valence-corrected chi connectivity index (χ4v) is 1.99. The fraction of sp³-hybridized carbons (Fsp3) is 0.462. The summed E-state index contributed by atoms with van der Waals surface area (Å²) >= 11 is 0. The minimum Gasteiger partial charge on any atom is -0.495 e. The number of carbonyl (C=O) groups excluding carboxylic acids is 1. The van der Waals surface area contributed by atoms with Gasteiger partial charge < -0.3 is 20.1 Å². The zero-order valence-corrected chi connectivity index (χ0v) is 10.7. The average molecular weight is 250 g/mol. The Bertz CT molecular complexity index is 428. The quantitative estimate of drug-likeness (QED) is 0.856. The zero-order chi connectivity index (χ0) is 13.0. The summed E-state index contributed by atoms with van der Waals surface area (Å²) in [5.74, 6) is 0.660. The molecule has 1 aliphatic rings. The van der Waals surface area contributed by atoms with Crippen LogP contribution in [-0.4, -0.2) is 32.8 Å². The number of carbonyl (C=O) groups is 1. The van der Waals surface area contributed by atoms with Crippen LogP contribution < -0.4 is 15.4 Å². The van der Waals surface area contributed by atoms with Gasteiger partial charge in [0.2, 0.25) is 0 Å². The van der Waals surface area contributed by atoms with Crippen molar-refractivity contribution in [1.82, 2.24) is 0 Å². The van der Waals surface area contributed by atoms with Crippen molar-refractivity contribution in [3.63, 3.8) is 0 Å². The molecule has 1 atom stereocenters. The molecule has 1 heterocycles. The van der Waals surface area contributed by atoms with Crippen molar-refractivity contribution >= 4 is 17.3 Å². The molecule has 18 heavy (non-hydrogen) atoms. The van der Waals surface area contributed by atoms with Crippen LogP contribution in [-0.2, 0) is 9.53 Å². The second kappa shape index (κ2) is 5.73. The second-order valence-electron chi connectivity index (χ2n) is 4.16. The maximum Gasteiger partial charge on any atom is 0.253 e. The third kappa shape index (κ3) is 2.73. The summed E-state index contributed by atoms with van der Waals surface area (Å²) in [6.07, 6.45) is 1.42. The van der Waals surface area contributed by atoms with Crippen LogP contribution in [0.2, 0.25) is 0 Å². The molecule has 1 aromatic rings. The van der Waals surface area contributed by atoms with E-state index in [0.717, 1.165) is 30.0 Å². The number of amides is 1. The Balaban J connectivity index is 2.06. The smallest absolute Gasteiger partial charge is 0.253 e. The second-order valence-corrected chi connectivity index (χ2v) is 4.16. The lowest BCUT2D eigenvalue weighted by Crippen LogP contribution is -2.26. The van der Waals surface area contributed by atoms with E-state index in [1.807, 2.05) is 25.2 Å². The van der Waals surface area contributed by atoms with E-state index >= 15 is 0 Å². The number of nitrogens with one attached hydrogen (secondary N) is 2. The number of anilines is 2. The number of hydrogen-bond acceptors (Lipinski definition) is 4. The van der Waals surface area contributed by atoms with Gasteiger partial charge in [-0.2, -0.15) is 0 Å². The molecular weight excluding hydrogens is 232 g/mol. The molecule has 2 rings (SSSR count).